The Bertz CT molecular complexity index is 1840. The Morgan fingerprint density at radius 1 is 1.21 bits per heavy atom. The summed E-state index contributed by atoms with van der Waals surface area (Å²) in [5, 5.41) is 11.3. The number of halogens is 2. The molecule has 17 heteroatoms. The van der Waals surface area contributed by atoms with Crippen molar-refractivity contribution in [1.82, 2.24) is 29.0 Å². The minimum Gasteiger partial charge on any atom is -0.380 e. The fourth-order valence-corrected chi connectivity index (χ4v) is 8.35. The third-order valence-corrected chi connectivity index (χ3v) is 12.0. The van der Waals surface area contributed by atoms with Crippen LogP contribution in [0.2, 0.25) is 0 Å². The maximum Gasteiger partial charge on any atom is 0.299 e. The fraction of sp³-hybridized carbons (Fsp3) is 0.520. The molecule has 226 valence electrons. The predicted molar refractivity (Wildman–Crippen MR) is 153 cm³/mol. The van der Waals surface area contributed by atoms with Gasteiger partial charge in [-0.25, -0.2) is 32.2 Å². The van der Waals surface area contributed by atoms with Crippen LogP contribution in [0.15, 0.2) is 22.6 Å². The first-order chi connectivity index (χ1) is 19.7. The standard InChI is InChI=1S/C25H29F2N7O5S3/c1-14(2)42(37,38)34-9-6-17(15(12-34)13-39-5)18-10-16(41(35,36)32-25(28-3)7-8-25)11-19-20(31-33(4)21(18)19)23-29-30-24(40-23)22(26)27/h10-11,14,22,32H,6-9,12-13H2,1-2,4-5H3. The number of nitrogens with one attached hydrogen (secondary N) is 1. The molecule has 0 atom stereocenters. The SMILES string of the molecule is [C-]#[N+]C1(NS(=O)(=O)c2cc(C3=C(COC)CN(S(=O)(=O)C(C)C)CC3)c3c(c2)c(-c2nnc(C(F)F)s2)nn3C)CC1. The normalized spacial score (nSPS) is 17.9. The van der Waals surface area contributed by atoms with E-state index in [0.717, 1.165) is 0 Å². The van der Waals surface area contributed by atoms with Crippen LogP contribution in [0.3, 0.4) is 0 Å². The van der Waals surface area contributed by atoms with Crippen molar-refractivity contribution >= 4 is 47.9 Å². The highest BCUT2D eigenvalue weighted by molar-refractivity contribution is 7.89. The van der Waals surface area contributed by atoms with Gasteiger partial charge < -0.3 is 4.74 Å². The van der Waals surface area contributed by atoms with Gasteiger partial charge in [0.2, 0.25) is 20.0 Å². The van der Waals surface area contributed by atoms with Crippen molar-refractivity contribution in [3.63, 3.8) is 0 Å². The lowest BCUT2D eigenvalue weighted by Gasteiger charge is -2.32. The number of hydrogen-bond acceptors (Lipinski definition) is 9. The van der Waals surface area contributed by atoms with Crippen LogP contribution in [0, 0.1) is 6.57 Å². The van der Waals surface area contributed by atoms with Gasteiger partial charge in [0.25, 0.3) is 12.1 Å². The zero-order valence-electron chi connectivity index (χ0n) is 23.3. The van der Waals surface area contributed by atoms with Crippen molar-refractivity contribution in [1.29, 1.82) is 0 Å². The number of rotatable bonds is 10. The molecule has 3 aromatic rings. The summed E-state index contributed by atoms with van der Waals surface area (Å²) >= 11 is 0.657. The van der Waals surface area contributed by atoms with E-state index in [2.05, 4.69) is 24.9 Å². The summed E-state index contributed by atoms with van der Waals surface area (Å²) in [5.41, 5.74) is 1.31. The van der Waals surface area contributed by atoms with Crippen molar-refractivity contribution in [3.8, 4) is 10.7 Å². The Morgan fingerprint density at radius 2 is 1.93 bits per heavy atom. The van der Waals surface area contributed by atoms with E-state index < -0.39 is 42.4 Å². The summed E-state index contributed by atoms with van der Waals surface area (Å²) < 4.78 is 90.7. The number of aromatic nitrogens is 4. The van der Waals surface area contributed by atoms with Gasteiger partial charge in [0.15, 0.2) is 10.0 Å². The topological polar surface area (TPSA) is 141 Å². The van der Waals surface area contributed by atoms with E-state index in [-0.39, 0.29) is 41.7 Å². The summed E-state index contributed by atoms with van der Waals surface area (Å²) in [7, 11) is -4.65. The van der Waals surface area contributed by atoms with Gasteiger partial charge in [-0.1, -0.05) is 11.3 Å². The van der Waals surface area contributed by atoms with Crippen LogP contribution in [0.4, 0.5) is 8.78 Å². The van der Waals surface area contributed by atoms with E-state index in [9.17, 15) is 25.6 Å². The third-order valence-electron chi connectivity index (χ3n) is 7.32. The Labute approximate surface area is 246 Å². The second kappa shape index (κ2) is 11.0. The lowest BCUT2D eigenvalue weighted by molar-refractivity contribution is 0.150. The lowest BCUT2D eigenvalue weighted by atomic mass is 9.92. The molecule has 1 aliphatic carbocycles. The number of fused-ring (bicyclic) bond motifs is 1. The van der Waals surface area contributed by atoms with Crippen LogP contribution in [-0.4, -0.2) is 78.8 Å². The number of benzene rings is 1. The fourth-order valence-electron chi connectivity index (χ4n) is 4.96. The van der Waals surface area contributed by atoms with Gasteiger partial charge >= 0.3 is 0 Å². The highest BCUT2D eigenvalue weighted by Crippen LogP contribution is 2.42. The molecule has 0 bridgehead atoms. The molecular formula is C25H29F2N7O5S3. The Balaban J connectivity index is 1.75. The van der Waals surface area contributed by atoms with Gasteiger partial charge in [0, 0.05) is 38.2 Å². The molecule has 0 radical (unpaired) electrons. The molecule has 2 aromatic heterocycles. The van der Waals surface area contributed by atoms with Crippen LogP contribution in [0.1, 0.15) is 50.1 Å². The van der Waals surface area contributed by atoms with E-state index in [4.69, 9.17) is 11.3 Å². The van der Waals surface area contributed by atoms with E-state index in [0.29, 0.717) is 51.8 Å². The number of nitrogens with zero attached hydrogens (tertiary/aromatic N) is 6. The van der Waals surface area contributed by atoms with Crippen molar-refractivity contribution in [2.45, 2.75) is 55.3 Å². The summed E-state index contributed by atoms with van der Waals surface area (Å²) in [4.78, 5) is 3.31. The average Bonchev–Trinajstić information content (AvgIpc) is 3.36. The second-order valence-electron chi connectivity index (χ2n) is 10.5. The molecule has 5 rings (SSSR count). The number of ether oxygens (including phenoxy) is 1. The van der Waals surface area contributed by atoms with Crippen LogP contribution in [0.25, 0.3) is 32.0 Å². The average molecular weight is 642 g/mol. The minimum absolute atomic E-state index is 0.0557. The molecule has 1 aromatic carbocycles. The maximum atomic E-state index is 13.6. The van der Waals surface area contributed by atoms with Crippen LogP contribution < -0.4 is 4.72 Å². The third kappa shape index (κ3) is 5.47. The number of hydrogen-bond donors (Lipinski definition) is 1. The second-order valence-corrected chi connectivity index (χ2v) is 15.7. The van der Waals surface area contributed by atoms with Gasteiger partial charge in [0.05, 0.1) is 35.1 Å². The monoisotopic (exact) mass is 641 g/mol. The predicted octanol–water partition coefficient (Wildman–Crippen LogP) is 3.56. The van der Waals surface area contributed by atoms with Crippen molar-refractivity contribution in [3.05, 3.63) is 39.7 Å². The summed E-state index contributed by atoms with van der Waals surface area (Å²) in [5.74, 6) is 0. The van der Waals surface area contributed by atoms with Gasteiger partial charge in [-0.15, -0.1) is 14.9 Å². The molecule has 1 saturated carbocycles. The molecule has 0 spiro atoms. The molecule has 0 unspecified atom stereocenters. The first kappa shape index (κ1) is 30.6. The molecule has 12 nitrogen and oxygen atoms in total. The molecule has 42 heavy (non-hydrogen) atoms. The smallest absolute Gasteiger partial charge is 0.299 e. The van der Waals surface area contributed by atoms with E-state index in [1.165, 1.54) is 28.2 Å². The highest BCUT2D eigenvalue weighted by atomic mass is 32.2. The molecular weight excluding hydrogens is 613 g/mol. The summed E-state index contributed by atoms with van der Waals surface area (Å²) in [6.07, 6.45) is -1.81. The largest absolute Gasteiger partial charge is 0.380 e. The molecule has 1 fully saturated rings. The first-order valence-electron chi connectivity index (χ1n) is 13.0. The van der Waals surface area contributed by atoms with Gasteiger partial charge in [-0.3, -0.25) is 9.53 Å². The van der Waals surface area contributed by atoms with Crippen molar-refractivity contribution in [2.75, 3.05) is 26.8 Å². The number of methoxy groups -OCH3 is 1. The zero-order valence-corrected chi connectivity index (χ0v) is 25.7. The van der Waals surface area contributed by atoms with Crippen LogP contribution >= 0.6 is 11.3 Å². The Kier molecular flexibility index (Phi) is 8.00. The Morgan fingerprint density at radius 3 is 2.50 bits per heavy atom. The van der Waals surface area contributed by atoms with E-state index >= 15 is 0 Å². The van der Waals surface area contributed by atoms with E-state index in [1.807, 2.05) is 0 Å². The zero-order chi connectivity index (χ0) is 30.6. The molecule has 1 aliphatic heterocycles. The molecule has 2 aliphatic rings. The molecule has 0 saturated heterocycles. The highest BCUT2D eigenvalue weighted by Gasteiger charge is 2.54. The number of aryl methyl sites for hydroxylation is 1. The maximum absolute atomic E-state index is 13.6. The van der Waals surface area contributed by atoms with Gasteiger partial charge in [-0.2, -0.15) is 9.40 Å². The summed E-state index contributed by atoms with van der Waals surface area (Å²) in [6, 6.07) is 2.88. The number of sulfonamides is 2. The minimum atomic E-state index is -4.21. The van der Waals surface area contributed by atoms with Crippen LogP contribution in [0.5, 0.6) is 0 Å². The molecule has 3 heterocycles. The number of alkyl halides is 2. The Hall–Kier alpha value is -2.88. The van der Waals surface area contributed by atoms with Gasteiger partial charge in [0.1, 0.15) is 5.69 Å². The molecule has 0 amide bonds. The molecule has 1 N–H and O–H groups in total. The van der Waals surface area contributed by atoms with Crippen molar-refractivity contribution in [2.24, 2.45) is 7.05 Å². The summed E-state index contributed by atoms with van der Waals surface area (Å²) in [6.45, 7) is 11.0. The van der Waals surface area contributed by atoms with Gasteiger partial charge in [-0.05, 0) is 43.5 Å². The van der Waals surface area contributed by atoms with Crippen LogP contribution in [-0.2, 0) is 31.8 Å². The lowest BCUT2D eigenvalue weighted by Crippen LogP contribution is -2.41. The quantitative estimate of drug-likeness (QED) is 0.332. The first-order valence-corrected chi connectivity index (χ1v) is 16.8. The van der Waals surface area contributed by atoms with E-state index in [1.54, 1.807) is 20.9 Å². The van der Waals surface area contributed by atoms with Crippen molar-refractivity contribution < 1.29 is 30.4 Å².